The highest BCUT2D eigenvalue weighted by Crippen LogP contribution is 2.17. The molecule has 1 aromatic carbocycles. The Morgan fingerprint density at radius 2 is 2.25 bits per heavy atom. The van der Waals surface area contributed by atoms with Crippen LogP contribution in [0.4, 0.5) is 0 Å². The standard InChI is InChI=1S/C9H11BO2/c1-7-6-12-10(11)9-5-3-2-4-8(7)9/h2-5,7,11H,6H2,1H3. The van der Waals surface area contributed by atoms with Crippen LogP contribution in [0.3, 0.4) is 0 Å². The quantitative estimate of drug-likeness (QED) is 0.563. The Bertz CT molecular complexity index is 259. The van der Waals surface area contributed by atoms with Gasteiger partial charge in [-0.3, -0.25) is 0 Å². The van der Waals surface area contributed by atoms with Gasteiger partial charge >= 0.3 is 7.12 Å². The summed E-state index contributed by atoms with van der Waals surface area (Å²) < 4.78 is 5.17. The van der Waals surface area contributed by atoms with Crippen molar-refractivity contribution in [2.75, 3.05) is 6.61 Å². The molecule has 1 aliphatic heterocycles. The lowest BCUT2D eigenvalue weighted by molar-refractivity contribution is 0.245. The van der Waals surface area contributed by atoms with Crippen molar-refractivity contribution in [1.29, 1.82) is 0 Å². The van der Waals surface area contributed by atoms with Gasteiger partial charge in [-0.15, -0.1) is 0 Å². The molecule has 0 spiro atoms. The van der Waals surface area contributed by atoms with E-state index in [2.05, 4.69) is 6.92 Å². The van der Waals surface area contributed by atoms with Crippen LogP contribution in [-0.4, -0.2) is 18.7 Å². The van der Waals surface area contributed by atoms with E-state index in [9.17, 15) is 5.02 Å². The number of benzene rings is 1. The third-order valence-corrected chi connectivity index (χ3v) is 2.30. The van der Waals surface area contributed by atoms with Gasteiger partial charge in [-0.2, -0.15) is 0 Å². The molecule has 1 unspecified atom stereocenters. The van der Waals surface area contributed by atoms with Gasteiger partial charge in [-0.05, 0) is 11.0 Å². The molecule has 1 heterocycles. The second-order valence-corrected chi connectivity index (χ2v) is 3.22. The lowest BCUT2D eigenvalue weighted by Crippen LogP contribution is -2.42. The normalized spacial score (nSPS) is 22.2. The van der Waals surface area contributed by atoms with Crippen LogP contribution in [0.5, 0.6) is 0 Å². The van der Waals surface area contributed by atoms with Crippen LogP contribution in [0, 0.1) is 0 Å². The number of hydrogen-bond donors (Lipinski definition) is 1. The average molecular weight is 162 g/mol. The minimum absolute atomic E-state index is 0.393. The molecule has 0 fully saturated rings. The molecule has 0 saturated carbocycles. The molecule has 0 bridgehead atoms. The van der Waals surface area contributed by atoms with Gasteiger partial charge in [-0.25, -0.2) is 0 Å². The molecule has 12 heavy (non-hydrogen) atoms. The Morgan fingerprint density at radius 1 is 1.50 bits per heavy atom. The van der Waals surface area contributed by atoms with Gasteiger partial charge in [0, 0.05) is 12.5 Å². The maximum absolute atomic E-state index is 9.46. The zero-order valence-electron chi connectivity index (χ0n) is 7.03. The fraction of sp³-hybridized carbons (Fsp3) is 0.333. The zero-order chi connectivity index (χ0) is 8.55. The SMILES string of the molecule is CC1COB(O)c2ccccc21. The molecular formula is C9H11BO2. The first kappa shape index (κ1) is 7.83. The first-order chi connectivity index (χ1) is 5.79. The highest BCUT2D eigenvalue weighted by molar-refractivity contribution is 6.60. The largest absolute Gasteiger partial charge is 0.491 e. The fourth-order valence-corrected chi connectivity index (χ4v) is 1.60. The molecule has 0 amide bonds. The highest BCUT2D eigenvalue weighted by atomic mass is 16.5. The van der Waals surface area contributed by atoms with Gasteiger partial charge in [0.05, 0.1) is 0 Å². The third-order valence-electron chi connectivity index (χ3n) is 2.30. The summed E-state index contributed by atoms with van der Waals surface area (Å²) in [5.41, 5.74) is 2.12. The molecule has 62 valence electrons. The number of fused-ring (bicyclic) bond motifs is 1. The van der Waals surface area contributed by atoms with E-state index in [1.54, 1.807) is 0 Å². The van der Waals surface area contributed by atoms with Gasteiger partial charge in [0.1, 0.15) is 0 Å². The molecule has 2 rings (SSSR count). The van der Waals surface area contributed by atoms with Crippen molar-refractivity contribution >= 4 is 12.6 Å². The van der Waals surface area contributed by atoms with Gasteiger partial charge in [0.25, 0.3) is 0 Å². The summed E-state index contributed by atoms with van der Waals surface area (Å²) in [7, 11) is -0.725. The van der Waals surface area contributed by atoms with E-state index in [0.717, 1.165) is 5.46 Å². The van der Waals surface area contributed by atoms with E-state index in [-0.39, 0.29) is 0 Å². The Morgan fingerprint density at radius 3 is 3.00 bits per heavy atom. The van der Waals surface area contributed by atoms with Crippen molar-refractivity contribution in [3.8, 4) is 0 Å². The van der Waals surface area contributed by atoms with Crippen LogP contribution >= 0.6 is 0 Å². The summed E-state index contributed by atoms with van der Waals surface area (Å²) in [6.07, 6.45) is 0. The monoisotopic (exact) mass is 162 g/mol. The molecule has 0 radical (unpaired) electrons. The van der Waals surface area contributed by atoms with Gasteiger partial charge < -0.3 is 9.68 Å². The second kappa shape index (κ2) is 2.92. The zero-order valence-corrected chi connectivity index (χ0v) is 7.03. The van der Waals surface area contributed by atoms with E-state index in [1.807, 2.05) is 24.3 Å². The van der Waals surface area contributed by atoms with E-state index in [1.165, 1.54) is 5.56 Å². The van der Waals surface area contributed by atoms with E-state index in [4.69, 9.17) is 4.65 Å². The molecule has 1 aliphatic rings. The molecule has 0 aliphatic carbocycles. The minimum atomic E-state index is -0.725. The Labute approximate surface area is 72.3 Å². The Hall–Kier alpha value is -0.795. The van der Waals surface area contributed by atoms with Crippen LogP contribution in [0.1, 0.15) is 18.4 Å². The van der Waals surface area contributed by atoms with Crippen LogP contribution in [-0.2, 0) is 4.65 Å². The third kappa shape index (κ3) is 1.15. The fourth-order valence-electron chi connectivity index (χ4n) is 1.60. The van der Waals surface area contributed by atoms with Crippen LogP contribution < -0.4 is 5.46 Å². The maximum atomic E-state index is 9.46. The van der Waals surface area contributed by atoms with Crippen LogP contribution in [0.15, 0.2) is 24.3 Å². The molecule has 1 aromatic rings. The summed E-state index contributed by atoms with van der Waals surface area (Å²) >= 11 is 0. The van der Waals surface area contributed by atoms with E-state index < -0.39 is 7.12 Å². The number of rotatable bonds is 0. The molecule has 0 aromatic heterocycles. The minimum Gasteiger partial charge on any atom is -0.423 e. The van der Waals surface area contributed by atoms with E-state index in [0.29, 0.717) is 12.5 Å². The van der Waals surface area contributed by atoms with Crippen LogP contribution in [0.25, 0.3) is 0 Å². The molecule has 1 atom stereocenters. The molecular weight excluding hydrogens is 151 g/mol. The topological polar surface area (TPSA) is 29.5 Å². The smallest absolute Gasteiger partial charge is 0.423 e. The van der Waals surface area contributed by atoms with Crippen molar-refractivity contribution in [3.05, 3.63) is 29.8 Å². The lowest BCUT2D eigenvalue weighted by atomic mass is 9.71. The van der Waals surface area contributed by atoms with Crippen molar-refractivity contribution in [2.24, 2.45) is 0 Å². The van der Waals surface area contributed by atoms with Gasteiger partial charge in [0.2, 0.25) is 0 Å². The van der Waals surface area contributed by atoms with Gasteiger partial charge in [-0.1, -0.05) is 31.2 Å². The highest BCUT2D eigenvalue weighted by Gasteiger charge is 2.27. The van der Waals surface area contributed by atoms with E-state index >= 15 is 0 Å². The van der Waals surface area contributed by atoms with Crippen molar-refractivity contribution in [1.82, 2.24) is 0 Å². The molecule has 2 nitrogen and oxygen atoms in total. The summed E-state index contributed by atoms with van der Waals surface area (Å²) in [6, 6.07) is 7.87. The molecule has 1 N–H and O–H groups in total. The Kier molecular flexibility index (Phi) is 1.91. The second-order valence-electron chi connectivity index (χ2n) is 3.22. The lowest BCUT2D eigenvalue weighted by Gasteiger charge is -2.24. The van der Waals surface area contributed by atoms with Gasteiger partial charge in [0.15, 0.2) is 0 Å². The van der Waals surface area contributed by atoms with Crippen molar-refractivity contribution in [3.63, 3.8) is 0 Å². The number of hydrogen-bond acceptors (Lipinski definition) is 2. The summed E-state index contributed by atoms with van der Waals surface area (Å²) in [5.74, 6) is 0.393. The predicted octanol–water partition coefficient (Wildman–Crippen LogP) is 0.508. The van der Waals surface area contributed by atoms with Crippen LogP contribution in [0.2, 0.25) is 0 Å². The summed E-state index contributed by atoms with van der Waals surface area (Å²) in [4.78, 5) is 0. The summed E-state index contributed by atoms with van der Waals surface area (Å²) in [6.45, 7) is 2.71. The maximum Gasteiger partial charge on any atom is 0.491 e. The molecule has 0 saturated heterocycles. The molecule has 3 heteroatoms. The Balaban J connectivity index is 2.47. The summed E-state index contributed by atoms with van der Waals surface area (Å²) in [5, 5.41) is 9.46. The first-order valence-electron chi connectivity index (χ1n) is 4.17. The average Bonchev–Trinajstić information content (AvgIpc) is 2.12. The van der Waals surface area contributed by atoms with Crippen molar-refractivity contribution in [2.45, 2.75) is 12.8 Å². The predicted molar refractivity (Wildman–Crippen MR) is 48.4 cm³/mol. The van der Waals surface area contributed by atoms with Crippen molar-refractivity contribution < 1.29 is 9.68 Å². The first-order valence-corrected chi connectivity index (χ1v) is 4.17.